The van der Waals surface area contributed by atoms with Gasteiger partial charge in [0.15, 0.2) is 6.10 Å². The Morgan fingerprint density at radius 1 is 0.284 bits per heavy atom. The van der Waals surface area contributed by atoms with Gasteiger partial charge in [0.1, 0.15) is 13.2 Å². The molecule has 0 saturated heterocycles. The molecule has 1 atom stereocenters. The van der Waals surface area contributed by atoms with Crippen LogP contribution in [0.15, 0.2) is 85.1 Å². The second kappa shape index (κ2) is 62.1. The van der Waals surface area contributed by atoms with Crippen LogP contribution in [0.2, 0.25) is 0 Å². The molecule has 0 rings (SSSR count). The zero-order valence-corrected chi connectivity index (χ0v) is 48.8. The number of hydrogen-bond acceptors (Lipinski definition) is 6. The minimum Gasteiger partial charge on any atom is -0.462 e. The lowest BCUT2D eigenvalue weighted by atomic mass is 10.0. The summed E-state index contributed by atoms with van der Waals surface area (Å²) < 4.78 is 16.9. The van der Waals surface area contributed by atoms with E-state index < -0.39 is 6.10 Å². The average molecular weight is 1030 g/mol. The van der Waals surface area contributed by atoms with Crippen molar-refractivity contribution in [2.45, 2.75) is 316 Å². The fraction of sp³-hybridized carbons (Fsp3) is 0.750. The molecule has 0 aliphatic rings. The molecular weight excluding hydrogens is 913 g/mol. The van der Waals surface area contributed by atoms with E-state index in [1.54, 1.807) is 0 Å². The SMILES string of the molecule is CC/C=C\C/C=C\C/C=C\C/C=C\C/C=C\C/C=C\CCCCCCCCCCCCCCC(=O)OCC(COC(=O)CCCCCCC/C=C\CCC)OC(=O)CCCCCCCCCCCCCCCCC. The molecule has 0 radical (unpaired) electrons. The normalized spacial score (nSPS) is 12.6. The van der Waals surface area contributed by atoms with Gasteiger partial charge in [0.25, 0.3) is 0 Å². The van der Waals surface area contributed by atoms with Crippen LogP contribution in [0.3, 0.4) is 0 Å². The zero-order valence-electron chi connectivity index (χ0n) is 48.8. The standard InChI is InChI=1S/C68H118O6/c1-4-7-10-13-16-19-22-24-26-27-28-29-30-31-32-33-34-35-36-37-38-39-40-41-43-44-46-49-52-55-58-61-67(70)73-64-65(63-72-66(69)60-57-54-51-48-21-18-15-12-9-6-3)74-68(71)62-59-56-53-50-47-45-42-25-23-20-17-14-11-8-5-2/h7,10,12,15-16,19,24,26,28-29,31-32,34-35,65H,4-6,8-9,11,13-14,17-18,20-23,25,27,30,33,36-64H2,1-3H3/b10-7-,15-12-,19-16-,26-24-,29-28-,32-31-,35-34-. The van der Waals surface area contributed by atoms with Crippen LogP contribution in [0.5, 0.6) is 0 Å². The number of hydrogen-bond donors (Lipinski definition) is 0. The van der Waals surface area contributed by atoms with Crippen LogP contribution in [0.25, 0.3) is 0 Å². The monoisotopic (exact) mass is 1030 g/mol. The first-order chi connectivity index (χ1) is 36.5. The second-order valence-corrected chi connectivity index (χ2v) is 20.9. The zero-order chi connectivity index (χ0) is 53.6. The molecule has 0 bridgehead atoms. The van der Waals surface area contributed by atoms with E-state index in [2.05, 4.69) is 106 Å². The summed E-state index contributed by atoms with van der Waals surface area (Å²) in [5.41, 5.74) is 0. The van der Waals surface area contributed by atoms with Gasteiger partial charge in [0.05, 0.1) is 0 Å². The summed E-state index contributed by atoms with van der Waals surface area (Å²) in [6.45, 7) is 6.48. The highest BCUT2D eigenvalue weighted by Crippen LogP contribution is 2.17. The van der Waals surface area contributed by atoms with E-state index in [1.807, 2.05) is 0 Å². The van der Waals surface area contributed by atoms with Gasteiger partial charge in [-0.1, -0.05) is 286 Å². The number of ether oxygens (including phenoxy) is 3. The summed E-state index contributed by atoms with van der Waals surface area (Å²) >= 11 is 0. The molecule has 0 aliphatic carbocycles. The largest absolute Gasteiger partial charge is 0.462 e. The molecule has 0 heterocycles. The Morgan fingerprint density at radius 3 is 0.892 bits per heavy atom. The molecule has 0 amide bonds. The number of esters is 3. The third-order valence-corrected chi connectivity index (χ3v) is 13.6. The van der Waals surface area contributed by atoms with Crippen LogP contribution in [0.1, 0.15) is 310 Å². The van der Waals surface area contributed by atoms with Crippen molar-refractivity contribution >= 4 is 17.9 Å². The van der Waals surface area contributed by atoms with Gasteiger partial charge in [-0.05, 0) is 89.9 Å². The van der Waals surface area contributed by atoms with E-state index in [0.717, 1.165) is 109 Å². The van der Waals surface area contributed by atoms with Crippen LogP contribution in [0, 0.1) is 0 Å². The third kappa shape index (κ3) is 59.5. The summed E-state index contributed by atoms with van der Waals surface area (Å²) in [7, 11) is 0. The lowest BCUT2D eigenvalue weighted by Crippen LogP contribution is -2.30. The van der Waals surface area contributed by atoms with Gasteiger partial charge >= 0.3 is 17.9 Å². The second-order valence-electron chi connectivity index (χ2n) is 20.9. The lowest BCUT2D eigenvalue weighted by molar-refractivity contribution is -0.167. The van der Waals surface area contributed by atoms with Crippen molar-refractivity contribution in [1.29, 1.82) is 0 Å². The molecule has 1 unspecified atom stereocenters. The topological polar surface area (TPSA) is 78.9 Å². The van der Waals surface area contributed by atoms with Crippen molar-refractivity contribution in [2.24, 2.45) is 0 Å². The Labute approximate surface area is 458 Å². The molecule has 0 fully saturated rings. The van der Waals surface area contributed by atoms with Crippen molar-refractivity contribution in [3.05, 3.63) is 85.1 Å². The van der Waals surface area contributed by atoms with Crippen LogP contribution in [0.4, 0.5) is 0 Å². The van der Waals surface area contributed by atoms with Gasteiger partial charge in [0.2, 0.25) is 0 Å². The van der Waals surface area contributed by atoms with E-state index in [4.69, 9.17) is 14.2 Å². The van der Waals surface area contributed by atoms with Crippen LogP contribution >= 0.6 is 0 Å². The Morgan fingerprint density at radius 2 is 0.554 bits per heavy atom. The summed E-state index contributed by atoms with van der Waals surface area (Å²) in [6, 6.07) is 0. The van der Waals surface area contributed by atoms with Crippen molar-refractivity contribution in [3.63, 3.8) is 0 Å². The summed E-state index contributed by atoms with van der Waals surface area (Å²) in [6.07, 6.45) is 81.7. The average Bonchev–Trinajstić information content (AvgIpc) is 3.40. The molecular formula is C68H118O6. The Hall–Kier alpha value is -3.41. The van der Waals surface area contributed by atoms with E-state index >= 15 is 0 Å². The first-order valence-corrected chi connectivity index (χ1v) is 31.6. The van der Waals surface area contributed by atoms with E-state index in [9.17, 15) is 14.4 Å². The van der Waals surface area contributed by atoms with Crippen molar-refractivity contribution in [2.75, 3.05) is 13.2 Å². The Kier molecular flexibility index (Phi) is 59.3. The molecule has 74 heavy (non-hydrogen) atoms. The van der Waals surface area contributed by atoms with Crippen molar-refractivity contribution < 1.29 is 28.6 Å². The Bertz CT molecular complexity index is 1420. The maximum atomic E-state index is 12.9. The van der Waals surface area contributed by atoms with E-state index in [1.165, 1.54) is 161 Å². The van der Waals surface area contributed by atoms with Crippen LogP contribution in [-0.4, -0.2) is 37.2 Å². The number of unbranched alkanes of at least 4 members (excludes halogenated alkanes) is 32. The van der Waals surface area contributed by atoms with E-state index in [0.29, 0.717) is 19.3 Å². The van der Waals surface area contributed by atoms with Gasteiger partial charge in [-0.15, -0.1) is 0 Å². The summed E-state index contributed by atoms with van der Waals surface area (Å²) in [5, 5.41) is 0. The first-order valence-electron chi connectivity index (χ1n) is 31.6. The maximum absolute atomic E-state index is 12.9. The van der Waals surface area contributed by atoms with Gasteiger partial charge in [-0.2, -0.15) is 0 Å². The highest BCUT2D eigenvalue weighted by Gasteiger charge is 2.19. The van der Waals surface area contributed by atoms with Crippen LogP contribution < -0.4 is 0 Å². The smallest absolute Gasteiger partial charge is 0.306 e. The Balaban J connectivity index is 4.15. The number of carbonyl (C=O) groups is 3. The minimum atomic E-state index is -0.777. The van der Waals surface area contributed by atoms with Crippen molar-refractivity contribution in [1.82, 2.24) is 0 Å². The first kappa shape index (κ1) is 70.6. The maximum Gasteiger partial charge on any atom is 0.306 e. The molecule has 6 nitrogen and oxygen atoms in total. The predicted molar refractivity (Wildman–Crippen MR) is 321 cm³/mol. The van der Waals surface area contributed by atoms with Gasteiger partial charge < -0.3 is 14.2 Å². The fourth-order valence-electron chi connectivity index (χ4n) is 8.92. The molecule has 6 heteroatoms. The lowest BCUT2D eigenvalue weighted by Gasteiger charge is -2.18. The number of carbonyl (C=O) groups excluding carboxylic acids is 3. The van der Waals surface area contributed by atoms with Crippen molar-refractivity contribution in [3.8, 4) is 0 Å². The molecule has 0 aromatic heterocycles. The molecule has 0 spiro atoms. The number of allylic oxidation sites excluding steroid dienone is 14. The predicted octanol–water partition coefficient (Wildman–Crippen LogP) is 21.5. The minimum absolute atomic E-state index is 0.0765. The molecule has 0 N–H and O–H groups in total. The van der Waals surface area contributed by atoms with Crippen LogP contribution in [-0.2, 0) is 28.6 Å². The quantitative estimate of drug-likeness (QED) is 0.0261. The highest BCUT2D eigenvalue weighted by atomic mass is 16.6. The molecule has 0 aromatic rings. The summed E-state index contributed by atoms with van der Waals surface area (Å²) in [4.78, 5) is 38.1. The molecule has 426 valence electrons. The van der Waals surface area contributed by atoms with Gasteiger partial charge in [-0.3, -0.25) is 14.4 Å². The third-order valence-electron chi connectivity index (χ3n) is 13.6. The van der Waals surface area contributed by atoms with Gasteiger partial charge in [0, 0.05) is 19.3 Å². The van der Waals surface area contributed by atoms with Gasteiger partial charge in [-0.25, -0.2) is 0 Å². The number of rotatable bonds is 57. The molecule has 0 aromatic carbocycles. The highest BCUT2D eigenvalue weighted by molar-refractivity contribution is 5.71. The molecule has 0 aliphatic heterocycles. The van der Waals surface area contributed by atoms with E-state index in [-0.39, 0.29) is 31.1 Å². The fourth-order valence-corrected chi connectivity index (χ4v) is 8.92. The molecule has 0 saturated carbocycles. The summed E-state index contributed by atoms with van der Waals surface area (Å²) in [5.74, 6) is -0.877.